The molecule has 0 radical (unpaired) electrons. The summed E-state index contributed by atoms with van der Waals surface area (Å²) in [5.74, 6) is -0.168. The number of fused-ring (bicyclic) bond motifs is 1. The molecule has 1 heterocycles. The van der Waals surface area contributed by atoms with Crippen molar-refractivity contribution in [3.63, 3.8) is 0 Å². The highest BCUT2D eigenvalue weighted by molar-refractivity contribution is 5.85. The normalized spacial score (nSPS) is 17.2. The Kier molecular flexibility index (Phi) is 2.53. The molecule has 0 spiro atoms. The number of nitrogens with one attached hydrogen (secondary N) is 1. The van der Waals surface area contributed by atoms with E-state index < -0.39 is 0 Å². The third-order valence-corrected chi connectivity index (χ3v) is 2.43. The van der Waals surface area contributed by atoms with E-state index >= 15 is 0 Å². The van der Waals surface area contributed by atoms with Gasteiger partial charge >= 0.3 is 0 Å². The number of hydrogen-bond acceptors (Lipinski definition) is 1. The molecule has 1 aromatic rings. The Hall–Kier alpha value is -0.760. The average Bonchev–Trinajstić information content (AvgIpc) is 2.27. The second-order valence-corrected chi connectivity index (χ2v) is 3.93. The van der Waals surface area contributed by atoms with Crippen molar-refractivity contribution in [1.82, 2.24) is 0 Å². The van der Waals surface area contributed by atoms with E-state index in [-0.39, 0.29) is 23.6 Å². The van der Waals surface area contributed by atoms with Crippen LogP contribution in [0.1, 0.15) is 19.4 Å². The zero-order valence-corrected chi connectivity index (χ0v) is 8.54. The first-order valence-electron chi connectivity index (χ1n) is 4.13. The highest BCUT2D eigenvalue weighted by Gasteiger charge is 2.29. The van der Waals surface area contributed by atoms with Crippen molar-refractivity contribution in [2.75, 3.05) is 11.9 Å². The minimum absolute atomic E-state index is 0. The number of rotatable bonds is 0. The molecule has 0 unspecified atom stereocenters. The molecule has 1 N–H and O–H groups in total. The molecule has 0 bridgehead atoms. The summed E-state index contributed by atoms with van der Waals surface area (Å²) >= 11 is 0. The minimum atomic E-state index is -0.168. The summed E-state index contributed by atoms with van der Waals surface area (Å²) < 4.78 is 12.8. The Bertz CT molecular complexity index is 323. The Morgan fingerprint density at radius 3 is 2.77 bits per heavy atom. The fourth-order valence-corrected chi connectivity index (χ4v) is 1.66. The molecule has 0 amide bonds. The van der Waals surface area contributed by atoms with Gasteiger partial charge in [0.25, 0.3) is 0 Å². The van der Waals surface area contributed by atoms with Gasteiger partial charge in [0.15, 0.2) is 0 Å². The van der Waals surface area contributed by atoms with E-state index in [9.17, 15) is 4.39 Å². The van der Waals surface area contributed by atoms with Crippen LogP contribution in [0, 0.1) is 5.82 Å². The predicted molar refractivity (Wildman–Crippen MR) is 55.2 cm³/mol. The van der Waals surface area contributed by atoms with Gasteiger partial charge in [-0.2, -0.15) is 0 Å². The first kappa shape index (κ1) is 10.3. The van der Waals surface area contributed by atoms with Crippen LogP contribution in [-0.4, -0.2) is 6.54 Å². The van der Waals surface area contributed by atoms with E-state index in [1.165, 1.54) is 11.6 Å². The number of anilines is 1. The van der Waals surface area contributed by atoms with Crippen molar-refractivity contribution in [3.05, 3.63) is 29.6 Å². The number of hydrogen-bond donors (Lipinski definition) is 1. The fraction of sp³-hybridized carbons (Fsp3) is 0.400. The third kappa shape index (κ3) is 1.63. The monoisotopic (exact) mass is 201 g/mol. The van der Waals surface area contributed by atoms with Gasteiger partial charge in [0.2, 0.25) is 0 Å². The zero-order valence-electron chi connectivity index (χ0n) is 7.73. The van der Waals surface area contributed by atoms with Crippen LogP contribution in [0.2, 0.25) is 0 Å². The van der Waals surface area contributed by atoms with Crippen molar-refractivity contribution >= 4 is 18.1 Å². The van der Waals surface area contributed by atoms with Crippen LogP contribution in [0.3, 0.4) is 0 Å². The summed E-state index contributed by atoms with van der Waals surface area (Å²) in [5, 5.41) is 3.19. The van der Waals surface area contributed by atoms with E-state index in [2.05, 4.69) is 19.2 Å². The lowest BCUT2D eigenvalue weighted by Gasteiger charge is -2.16. The lowest BCUT2D eigenvalue weighted by atomic mass is 9.87. The summed E-state index contributed by atoms with van der Waals surface area (Å²) in [5.41, 5.74) is 2.30. The lowest BCUT2D eigenvalue weighted by Crippen LogP contribution is -2.18. The van der Waals surface area contributed by atoms with Crippen molar-refractivity contribution in [3.8, 4) is 0 Å². The molecule has 1 aliphatic rings. The first-order valence-corrected chi connectivity index (χ1v) is 4.13. The molecule has 13 heavy (non-hydrogen) atoms. The second kappa shape index (κ2) is 3.18. The molecule has 0 fully saturated rings. The molecule has 0 atom stereocenters. The first-order chi connectivity index (χ1) is 5.59. The topological polar surface area (TPSA) is 12.0 Å². The smallest absolute Gasteiger partial charge is 0.125 e. The Labute approximate surface area is 83.8 Å². The highest BCUT2D eigenvalue weighted by Crippen LogP contribution is 2.36. The van der Waals surface area contributed by atoms with Crippen LogP contribution in [0.5, 0.6) is 0 Å². The maximum atomic E-state index is 12.8. The molecule has 1 nitrogen and oxygen atoms in total. The molecule has 2 rings (SSSR count). The third-order valence-electron chi connectivity index (χ3n) is 2.43. The van der Waals surface area contributed by atoms with Crippen molar-refractivity contribution in [1.29, 1.82) is 0 Å². The van der Waals surface area contributed by atoms with Gasteiger partial charge in [-0.05, 0) is 17.7 Å². The van der Waals surface area contributed by atoms with Gasteiger partial charge in [0, 0.05) is 17.6 Å². The molecule has 0 saturated carbocycles. The summed E-state index contributed by atoms with van der Waals surface area (Å²) in [7, 11) is 0. The standard InChI is InChI=1S/C10H12FN.ClH/c1-10(2)6-12-9-5-7(11)3-4-8(9)10;/h3-5,12H,6H2,1-2H3;1H. The van der Waals surface area contributed by atoms with Gasteiger partial charge in [-0.1, -0.05) is 19.9 Å². The fourth-order valence-electron chi connectivity index (χ4n) is 1.66. The van der Waals surface area contributed by atoms with Crippen LogP contribution in [-0.2, 0) is 5.41 Å². The summed E-state index contributed by atoms with van der Waals surface area (Å²) in [4.78, 5) is 0. The van der Waals surface area contributed by atoms with Crippen LogP contribution in [0.4, 0.5) is 10.1 Å². The SMILES string of the molecule is CC1(C)CNc2cc(F)ccc21.Cl. The quantitative estimate of drug-likeness (QED) is 0.681. The van der Waals surface area contributed by atoms with Gasteiger partial charge < -0.3 is 5.32 Å². The molecule has 0 aromatic heterocycles. The summed E-state index contributed by atoms with van der Waals surface area (Å²) in [6, 6.07) is 4.95. The minimum Gasteiger partial charge on any atom is -0.384 e. The largest absolute Gasteiger partial charge is 0.384 e. The molecule has 3 heteroatoms. The lowest BCUT2D eigenvalue weighted by molar-refractivity contribution is 0.584. The van der Waals surface area contributed by atoms with Crippen molar-refractivity contribution in [2.45, 2.75) is 19.3 Å². The Balaban J connectivity index is 0.000000845. The highest BCUT2D eigenvalue weighted by atomic mass is 35.5. The van der Waals surface area contributed by atoms with Crippen LogP contribution in [0.25, 0.3) is 0 Å². The van der Waals surface area contributed by atoms with Gasteiger partial charge in [0.05, 0.1) is 0 Å². The van der Waals surface area contributed by atoms with Gasteiger partial charge in [0.1, 0.15) is 5.82 Å². The molecule has 1 aromatic carbocycles. The maximum Gasteiger partial charge on any atom is 0.125 e. The van der Waals surface area contributed by atoms with Gasteiger partial charge in [-0.15, -0.1) is 12.4 Å². The molecule has 1 aliphatic heterocycles. The molecular formula is C10H13ClFN. The van der Waals surface area contributed by atoms with E-state index in [1.54, 1.807) is 6.07 Å². The second-order valence-electron chi connectivity index (χ2n) is 3.93. The van der Waals surface area contributed by atoms with Gasteiger partial charge in [-0.3, -0.25) is 0 Å². The summed E-state index contributed by atoms with van der Waals surface area (Å²) in [6.45, 7) is 5.21. The molecular weight excluding hydrogens is 189 g/mol. The average molecular weight is 202 g/mol. The van der Waals surface area contributed by atoms with E-state index in [4.69, 9.17) is 0 Å². The van der Waals surface area contributed by atoms with Crippen molar-refractivity contribution in [2.24, 2.45) is 0 Å². The van der Waals surface area contributed by atoms with Gasteiger partial charge in [-0.25, -0.2) is 4.39 Å². The number of benzene rings is 1. The summed E-state index contributed by atoms with van der Waals surface area (Å²) in [6.07, 6.45) is 0. The molecule has 72 valence electrons. The van der Waals surface area contributed by atoms with E-state index in [0.29, 0.717) is 0 Å². The Morgan fingerprint density at radius 2 is 2.08 bits per heavy atom. The van der Waals surface area contributed by atoms with E-state index in [0.717, 1.165) is 12.2 Å². The van der Waals surface area contributed by atoms with Crippen LogP contribution in [0.15, 0.2) is 18.2 Å². The maximum absolute atomic E-state index is 12.8. The van der Waals surface area contributed by atoms with Crippen LogP contribution < -0.4 is 5.32 Å². The zero-order chi connectivity index (χ0) is 8.77. The van der Waals surface area contributed by atoms with Crippen molar-refractivity contribution < 1.29 is 4.39 Å². The molecule has 0 aliphatic carbocycles. The van der Waals surface area contributed by atoms with E-state index in [1.807, 2.05) is 6.07 Å². The molecule has 0 saturated heterocycles. The van der Waals surface area contributed by atoms with Crippen LogP contribution >= 0.6 is 12.4 Å². The predicted octanol–water partition coefficient (Wildman–Crippen LogP) is 2.95. The Morgan fingerprint density at radius 1 is 1.38 bits per heavy atom. The number of halogens is 2.